The summed E-state index contributed by atoms with van der Waals surface area (Å²) < 4.78 is 35.6. The Hall–Kier alpha value is -0.430. The Morgan fingerprint density at radius 1 is 1.50 bits per heavy atom. The Morgan fingerprint density at radius 2 is 2.12 bits per heavy atom. The van der Waals surface area contributed by atoms with Crippen LogP contribution in [0.15, 0.2) is 0 Å². The highest BCUT2D eigenvalue weighted by atomic mass is 32.2. The van der Waals surface area contributed by atoms with Gasteiger partial charge in [-0.05, 0) is 17.7 Å². The van der Waals surface area contributed by atoms with Crippen LogP contribution in [-0.2, 0) is 4.79 Å². The van der Waals surface area contributed by atoms with Gasteiger partial charge >= 0.3 is 11.5 Å². The van der Waals surface area contributed by atoms with Gasteiger partial charge in [0.1, 0.15) is 0 Å². The van der Waals surface area contributed by atoms with Crippen LogP contribution in [0.2, 0.25) is 0 Å². The molecular weight excluding hydrogens is 243 g/mol. The first-order valence-electron chi connectivity index (χ1n) is 4.95. The van der Waals surface area contributed by atoms with Crippen molar-refractivity contribution >= 4 is 17.7 Å². The van der Waals surface area contributed by atoms with E-state index in [2.05, 4.69) is 0 Å². The molecule has 1 rings (SSSR count). The van der Waals surface area contributed by atoms with Crippen LogP contribution in [-0.4, -0.2) is 46.9 Å². The molecule has 1 N–H and O–H groups in total. The van der Waals surface area contributed by atoms with Crippen molar-refractivity contribution in [3.63, 3.8) is 0 Å². The normalized spacial score (nSPS) is 27.2. The zero-order valence-corrected chi connectivity index (χ0v) is 9.64. The summed E-state index contributed by atoms with van der Waals surface area (Å²) in [5.74, 6) is -1.34. The van der Waals surface area contributed by atoms with Gasteiger partial charge in [0.15, 0.2) is 0 Å². The molecule has 0 spiro atoms. The van der Waals surface area contributed by atoms with E-state index in [4.69, 9.17) is 5.11 Å². The number of nitrogens with zero attached hydrogens (tertiary/aromatic N) is 1. The zero-order chi connectivity index (χ0) is 12.3. The largest absolute Gasteiger partial charge is 0.481 e. The second-order valence-corrected chi connectivity index (χ2v) is 5.14. The van der Waals surface area contributed by atoms with E-state index in [9.17, 15) is 18.0 Å². The lowest BCUT2D eigenvalue weighted by Gasteiger charge is -2.15. The van der Waals surface area contributed by atoms with Gasteiger partial charge in [0.25, 0.3) is 0 Å². The van der Waals surface area contributed by atoms with E-state index in [-0.39, 0.29) is 30.0 Å². The van der Waals surface area contributed by atoms with Crippen molar-refractivity contribution in [2.45, 2.75) is 12.4 Å². The summed E-state index contributed by atoms with van der Waals surface area (Å²) in [4.78, 5) is 12.6. The first-order chi connectivity index (χ1) is 7.29. The molecule has 1 heterocycles. The van der Waals surface area contributed by atoms with Crippen LogP contribution >= 0.6 is 11.8 Å². The quantitative estimate of drug-likeness (QED) is 0.835. The number of thioether (sulfide) groups is 1. The molecule has 0 radical (unpaired) electrons. The monoisotopic (exact) mass is 257 g/mol. The first kappa shape index (κ1) is 13.6. The summed E-state index contributed by atoms with van der Waals surface area (Å²) >= 11 is -0.0578. The lowest BCUT2D eigenvalue weighted by atomic mass is 9.99. The van der Waals surface area contributed by atoms with Gasteiger partial charge in [-0.1, -0.05) is 6.92 Å². The second-order valence-electron chi connectivity index (χ2n) is 3.98. The molecule has 0 amide bonds. The maximum Gasteiger partial charge on any atom is 0.441 e. The molecule has 94 valence electrons. The van der Waals surface area contributed by atoms with Gasteiger partial charge in [0.2, 0.25) is 0 Å². The standard InChI is InChI=1S/C9H14F3NO2S/c1-6-4-13(5-7(6)8(14)15)2-3-16-9(10,11)12/h6-7H,2-5H2,1H3,(H,14,15)/t6-,7-/m1/s1. The summed E-state index contributed by atoms with van der Waals surface area (Å²) in [6, 6.07) is 0. The fourth-order valence-electron chi connectivity index (χ4n) is 1.86. The Balaban J connectivity index is 2.28. The molecule has 1 fully saturated rings. The van der Waals surface area contributed by atoms with E-state index < -0.39 is 17.4 Å². The lowest BCUT2D eigenvalue weighted by Crippen LogP contribution is -2.26. The van der Waals surface area contributed by atoms with Gasteiger partial charge in [-0.3, -0.25) is 4.79 Å². The van der Waals surface area contributed by atoms with E-state index in [0.29, 0.717) is 13.1 Å². The van der Waals surface area contributed by atoms with Crippen LogP contribution in [0.4, 0.5) is 13.2 Å². The number of rotatable bonds is 4. The number of aliphatic carboxylic acids is 1. The Morgan fingerprint density at radius 3 is 2.56 bits per heavy atom. The molecule has 0 aliphatic carbocycles. The highest BCUT2D eigenvalue weighted by Crippen LogP contribution is 2.30. The SMILES string of the molecule is C[C@@H]1CN(CCSC(F)(F)F)C[C@H]1C(=O)O. The average molecular weight is 257 g/mol. The summed E-state index contributed by atoms with van der Waals surface area (Å²) in [7, 11) is 0. The van der Waals surface area contributed by atoms with Crippen LogP contribution in [0.5, 0.6) is 0 Å². The van der Waals surface area contributed by atoms with E-state index in [0.717, 1.165) is 0 Å². The van der Waals surface area contributed by atoms with Crippen molar-refractivity contribution in [1.29, 1.82) is 0 Å². The lowest BCUT2D eigenvalue weighted by molar-refractivity contribution is -0.142. The minimum absolute atomic E-state index is 0.00777. The molecule has 7 heteroatoms. The number of halogens is 3. The molecule has 1 aliphatic rings. The van der Waals surface area contributed by atoms with Crippen LogP contribution in [0, 0.1) is 11.8 Å². The average Bonchev–Trinajstić information content (AvgIpc) is 2.44. The highest BCUT2D eigenvalue weighted by Gasteiger charge is 2.35. The van der Waals surface area contributed by atoms with Gasteiger partial charge in [-0.25, -0.2) is 0 Å². The predicted molar refractivity (Wildman–Crippen MR) is 55.2 cm³/mol. The van der Waals surface area contributed by atoms with Crippen molar-refractivity contribution in [2.75, 3.05) is 25.4 Å². The van der Waals surface area contributed by atoms with E-state index >= 15 is 0 Å². The van der Waals surface area contributed by atoms with Crippen LogP contribution < -0.4 is 0 Å². The molecule has 0 saturated carbocycles. The molecule has 0 unspecified atom stereocenters. The number of alkyl halides is 3. The number of likely N-dealkylation sites (tertiary alicyclic amines) is 1. The van der Waals surface area contributed by atoms with Crippen molar-refractivity contribution in [3.05, 3.63) is 0 Å². The number of carbonyl (C=O) groups is 1. The van der Waals surface area contributed by atoms with Gasteiger partial charge in [0.05, 0.1) is 5.92 Å². The smallest absolute Gasteiger partial charge is 0.441 e. The Kier molecular flexibility index (Phi) is 4.49. The third-order valence-electron chi connectivity index (χ3n) is 2.68. The molecule has 0 bridgehead atoms. The summed E-state index contributed by atoms with van der Waals surface area (Å²) in [6.07, 6.45) is 0. The third kappa shape index (κ3) is 4.21. The molecule has 0 aromatic rings. The topological polar surface area (TPSA) is 40.5 Å². The fourth-order valence-corrected chi connectivity index (χ4v) is 2.44. The summed E-state index contributed by atoms with van der Waals surface area (Å²) in [5, 5.41) is 8.84. The zero-order valence-electron chi connectivity index (χ0n) is 8.83. The minimum Gasteiger partial charge on any atom is -0.481 e. The van der Waals surface area contributed by atoms with Crippen molar-refractivity contribution < 1.29 is 23.1 Å². The van der Waals surface area contributed by atoms with Crippen LogP contribution in [0.1, 0.15) is 6.92 Å². The summed E-state index contributed by atoms with van der Waals surface area (Å²) in [5.41, 5.74) is -4.20. The third-order valence-corrected chi connectivity index (χ3v) is 3.39. The van der Waals surface area contributed by atoms with Crippen molar-refractivity contribution in [2.24, 2.45) is 11.8 Å². The van der Waals surface area contributed by atoms with E-state index in [1.165, 1.54) is 0 Å². The molecule has 0 aromatic carbocycles. The maximum atomic E-state index is 11.9. The minimum atomic E-state index is -4.20. The van der Waals surface area contributed by atoms with Gasteiger partial charge in [-0.15, -0.1) is 0 Å². The van der Waals surface area contributed by atoms with Crippen LogP contribution in [0.25, 0.3) is 0 Å². The van der Waals surface area contributed by atoms with Gasteiger partial charge in [0, 0.05) is 25.4 Å². The second kappa shape index (κ2) is 5.27. The van der Waals surface area contributed by atoms with Crippen molar-refractivity contribution in [1.82, 2.24) is 4.90 Å². The Labute approximate surface area is 96.0 Å². The molecule has 2 atom stereocenters. The number of carboxylic acids is 1. The number of hydrogen-bond acceptors (Lipinski definition) is 3. The van der Waals surface area contributed by atoms with E-state index in [1.54, 1.807) is 4.90 Å². The van der Waals surface area contributed by atoms with E-state index in [1.807, 2.05) is 6.92 Å². The van der Waals surface area contributed by atoms with Crippen LogP contribution in [0.3, 0.4) is 0 Å². The predicted octanol–water partition coefficient (Wildman–Crippen LogP) is 1.89. The molecule has 1 saturated heterocycles. The summed E-state index contributed by atoms with van der Waals surface area (Å²) in [6.45, 7) is 3.03. The van der Waals surface area contributed by atoms with Gasteiger partial charge < -0.3 is 10.0 Å². The van der Waals surface area contributed by atoms with Crippen molar-refractivity contribution in [3.8, 4) is 0 Å². The molecule has 3 nitrogen and oxygen atoms in total. The first-order valence-corrected chi connectivity index (χ1v) is 5.94. The van der Waals surface area contributed by atoms with Gasteiger partial charge in [-0.2, -0.15) is 13.2 Å². The molecule has 1 aliphatic heterocycles. The molecule has 16 heavy (non-hydrogen) atoms. The molecular formula is C9H14F3NO2S. The molecule has 0 aromatic heterocycles. The Bertz CT molecular complexity index is 260. The maximum absolute atomic E-state index is 11.9. The fraction of sp³-hybridized carbons (Fsp3) is 0.889. The highest BCUT2D eigenvalue weighted by molar-refractivity contribution is 8.00. The number of carboxylic acid groups (broad SMARTS) is 1. The number of hydrogen-bond donors (Lipinski definition) is 1.